The number of rotatable bonds is 17. The fourth-order valence-electron chi connectivity index (χ4n) is 5.25. The van der Waals surface area contributed by atoms with Crippen molar-refractivity contribution in [3.8, 4) is 0 Å². The van der Waals surface area contributed by atoms with Crippen molar-refractivity contribution in [3.05, 3.63) is 70.8 Å². The molecule has 3 rings (SSSR count). The molecule has 9 nitrogen and oxygen atoms in total. The van der Waals surface area contributed by atoms with Crippen molar-refractivity contribution in [1.82, 2.24) is 10.6 Å². The van der Waals surface area contributed by atoms with Crippen molar-refractivity contribution < 1.29 is 37.3 Å². The van der Waals surface area contributed by atoms with Crippen LogP contribution in [0.4, 0.5) is 13.6 Å². The molecule has 244 valence electrons. The number of methoxy groups -OCH3 is 1. The maximum atomic E-state index is 13.9. The third-order valence-electron chi connectivity index (χ3n) is 7.72. The van der Waals surface area contributed by atoms with Gasteiger partial charge in [0.05, 0.1) is 20.3 Å². The molecule has 0 saturated carbocycles. The molecule has 0 aromatic heterocycles. The zero-order chi connectivity index (χ0) is 32.0. The lowest BCUT2D eigenvalue weighted by molar-refractivity contribution is -0.274. The van der Waals surface area contributed by atoms with Crippen molar-refractivity contribution in [3.63, 3.8) is 0 Å². The van der Waals surface area contributed by atoms with E-state index in [1.807, 2.05) is 18.2 Å². The number of halogens is 2. The first-order chi connectivity index (χ1) is 21.2. The molecule has 1 aliphatic rings. The summed E-state index contributed by atoms with van der Waals surface area (Å²) in [6, 6.07) is 9.41. The molecule has 1 aliphatic heterocycles. The van der Waals surface area contributed by atoms with Gasteiger partial charge in [0.2, 0.25) is 0 Å². The topological polar surface area (TPSA) is 121 Å². The summed E-state index contributed by atoms with van der Waals surface area (Å²) in [4.78, 5) is 25.8. The van der Waals surface area contributed by atoms with Gasteiger partial charge in [0.25, 0.3) is 0 Å². The summed E-state index contributed by atoms with van der Waals surface area (Å²) in [5.74, 6) is -3.00. The Kier molecular flexibility index (Phi) is 14.5. The van der Waals surface area contributed by atoms with Gasteiger partial charge in [-0.05, 0) is 60.9 Å². The number of esters is 1. The fraction of sp³-hybridized carbons (Fsp3) is 0.576. The Balaban J connectivity index is 1.76. The zero-order valence-corrected chi connectivity index (χ0v) is 26.0. The molecular formula is C33H47F2N3O6. The number of aryl methyl sites for hydroxylation is 1. The lowest BCUT2D eigenvalue weighted by Gasteiger charge is -2.38. The minimum Gasteiger partial charge on any atom is -0.458 e. The average molecular weight is 620 g/mol. The molecule has 0 spiro atoms. The highest BCUT2D eigenvalue weighted by Crippen LogP contribution is 2.31. The van der Waals surface area contributed by atoms with E-state index in [4.69, 9.17) is 24.7 Å². The van der Waals surface area contributed by atoms with Crippen LogP contribution in [0.25, 0.3) is 0 Å². The molecule has 1 saturated heterocycles. The Hall–Kier alpha value is -3.12. The summed E-state index contributed by atoms with van der Waals surface area (Å²) in [5.41, 5.74) is 9.08. The molecule has 44 heavy (non-hydrogen) atoms. The molecule has 1 amide bonds. The monoisotopic (exact) mass is 619 g/mol. The second kappa shape index (κ2) is 18.0. The number of hydrogen-bond acceptors (Lipinski definition) is 8. The molecule has 0 bridgehead atoms. The van der Waals surface area contributed by atoms with Gasteiger partial charge < -0.3 is 35.3 Å². The van der Waals surface area contributed by atoms with Gasteiger partial charge in [-0.1, -0.05) is 44.5 Å². The second-order valence-corrected chi connectivity index (χ2v) is 11.2. The van der Waals surface area contributed by atoms with Crippen molar-refractivity contribution in [2.24, 2.45) is 5.73 Å². The number of alkyl carbamates (subject to hydrolysis) is 1. The molecule has 0 radical (unpaired) electrons. The quantitative estimate of drug-likeness (QED) is 0.213. The number of carbonyl (C=O) groups is 2. The lowest BCUT2D eigenvalue weighted by Crippen LogP contribution is -2.50. The van der Waals surface area contributed by atoms with E-state index in [9.17, 15) is 18.4 Å². The number of amides is 1. The van der Waals surface area contributed by atoms with Crippen molar-refractivity contribution in [2.45, 2.75) is 95.7 Å². The molecule has 2 aromatic rings. The van der Waals surface area contributed by atoms with Gasteiger partial charge >= 0.3 is 12.1 Å². The summed E-state index contributed by atoms with van der Waals surface area (Å²) in [6.45, 7) is 5.90. The van der Waals surface area contributed by atoms with Gasteiger partial charge in [0.15, 0.2) is 5.79 Å². The van der Waals surface area contributed by atoms with Crippen LogP contribution in [0.2, 0.25) is 0 Å². The van der Waals surface area contributed by atoms with Gasteiger partial charge in [0, 0.05) is 38.0 Å². The van der Waals surface area contributed by atoms with Crippen LogP contribution >= 0.6 is 0 Å². The van der Waals surface area contributed by atoms with E-state index in [-0.39, 0.29) is 19.4 Å². The summed E-state index contributed by atoms with van der Waals surface area (Å²) in [5, 5.41) is 5.87. The first-order valence-electron chi connectivity index (χ1n) is 15.5. The van der Waals surface area contributed by atoms with Crippen LogP contribution in [0.5, 0.6) is 0 Å². The molecule has 1 heterocycles. The van der Waals surface area contributed by atoms with Crippen LogP contribution in [0.15, 0.2) is 42.5 Å². The Morgan fingerprint density at radius 3 is 2.39 bits per heavy atom. The highest BCUT2D eigenvalue weighted by molar-refractivity contribution is 5.81. The van der Waals surface area contributed by atoms with Gasteiger partial charge in [-0.25, -0.2) is 18.4 Å². The van der Waals surface area contributed by atoms with E-state index in [2.05, 4.69) is 30.5 Å². The van der Waals surface area contributed by atoms with Crippen LogP contribution in [-0.4, -0.2) is 62.9 Å². The number of nitrogens with two attached hydrogens (primary N) is 1. The molecule has 1 fully saturated rings. The minimum absolute atomic E-state index is 0.0521. The average Bonchev–Trinajstić information content (AvgIpc) is 3.01. The number of hydrogen-bond donors (Lipinski definition) is 3. The smallest absolute Gasteiger partial charge is 0.407 e. The summed E-state index contributed by atoms with van der Waals surface area (Å²) >= 11 is 0. The van der Waals surface area contributed by atoms with E-state index in [1.54, 1.807) is 0 Å². The predicted octanol–water partition coefficient (Wildman–Crippen LogP) is 4.93. The summed E-state index contributed by atoms with van der Waals surface area (Å²) < 4.78 is 50.6. The SMILES string of the molecule is CCCCC1(CC[C@@H](NC(=O)OC)C(=O)O[C@H](CNCc2cccc(CC)c2)[C@@H](N)Cc2cc(F)cc(F)c2)OCCCO1. The zero-order valence-electron chi connectivity index (χ0n) is 26.0. The van der Waals surface area contributed by atoms with Gasteiger partial charge in [0.1, 0.15) is 23.8 Å². The molecule has 4 N–H and O–H groups in total. The first-order valence-corrected chi connectivity index (χ1v) is 15.5. The van der Waals surface area contributed by atoms with E-state index in [0.717, 1.165) is 37.3 Å². The van der Waals surface area contributed by atoms with Crippen molar-refractivity contribution in [2.75, 3.05) is 26.9 Å². The van der Waals surface area contributed by atoms with Gasteiger partial charge in [-0.15, -0.1) is 0 Å². The Morgan fingerprint density at radius 1 is 1.02 bits per heavy atom. The van der Waals surface area contributed by atoms with Gasteiger partial charge in [-0.2, -0.15) is 0 Å². The largest absolute Gasteiger partial charge is 0.458 e. The molecule has 0 unspecified atom stereocenters. The van der Waals surface area contributed by atoms with Crippen LogP contribution in [0.1, 0.15) is 69.1 Å². The molecule has 0 aliphatic carbocycles. The number of carbonyl (C=O) groups excluding carboxylic acids is 2. The van der Waals surface area contributed by atoms with Crippen LogP contribution in [0, 0.1) is 11.6 Å². The van der Waals surface area contributed by atoms with E-state index in [1.165, 1.54) is 24.8 Å². The fourth-order valence-corrected chi connectivity index (χ4v) is 5.25. The van der Waals surface area contributed by atoms with Crippen molar-refractivity contribution in [1.29, 1.82) is 0 Å². The van der Waals surface area contributed by atoms with Crippen molar-refractivity contribution >= 4 is 12.1 Å². The van der Waals surface area contributed by atoms with E-state index in [0.29, 0.717) is 38.2 Å². The Bertz CT molecular complexity index is 1170. The maximum Gasteiger partial charge on any atom is 0.407 e. The number of nitrogens with one attached hydrogen (secondary N) is 2. The standard InChI is InChI=1S/C33H47F2N3O6/c1-4-6-12-33(42-14-8-15-43-33)13-11-29(38-32(40)41-3)31(39)44-30(22-37-21-24-10-7-9-23(5-2)16-24)28(36)19-25-17-26(34)20-27(35)18-25/h7,9-10,16-18,20,28-30,37H,4-6,8,11-15,19,21-22,36H2,1-3H3,(H,38,40)/t28-,29+,30+/m0/s1. The molecule has 2 aromatic carbocycles. The number of benzene rings is 2. The maximum absolute atomic E-state index is 13.9. The Labute approximate surface area is 259 Å². The normalized spacial score (nSPS) is 16.5. The summed E-state index contributed by atoms with van der Waals surface area (Å²) in [6.07, 6.45) is 3.06. The lowest BCUT2D eigenvalue weighted by atomic mass is 9.98. The predicted molar refractivity (Wildman–Crippen MR) is 163 cm³/mol. The van der Waals surface area contributed by atoms with E-state index >= 15 is 0 Å². The molecule has 3 atom stereocenters. The molecular weight excluding hydrogens is 572 g/mol. The number of unbranched alkanes of at least 4 members (excludes halogenated alkanes) is 1. The first kappa shape index (κ1) is 35.4. The highest BCUT2D eigenvalue weighted by atomic mass is 19.1. The second-order valence-electron chi connectivity index (χ2n) is 11.2. The van der Waals surface area contributed by atoms with Crippen LogP contribution < -0.4 is 16.4 Å². The minimum atomic E-state index is -1.07. The van der Waals surface area contributed by atoms with Crippen LogP contribution in [-0.2, 0) is 43.1 Å². The third kappa shape index (κ3) is 11.4. The van der Waals surface area contributed by atoms with E-state index < -0.39 is 47.7 Å². The summed E-state index contributed by atoms with van der Waals surface area (Å²) in [7, 11) is 1.21. The Morgan fingerprint density at radius 2 is 1.73 bits per heavy atom. The molecule has 11 heteroatoms. The van der Waals surface area contributed by atoms with Crippen LogP contribution in [0.3, 0.4) is 0 Å². The number of ether oxygens (including phenoxy) is 4. The highest BCUT2D eigenvalue weighted by Gasteiger charge is 2.37. The third-order valence-corrected chi connectivity index (χ3v) is 7.72. The van der Waals surface area contributed by atoms with Gasteiger partial charge in [-0.3, -0.25) is 0 Å².